The van der Waals surface area contributed by atoms with Gasteiger partial charge >= 0.3 is 11.9 Å². The summed E-state index contributed by atoms with van der Waals surface area (Å²) in [5.41, 5.74) is 2.19. The lowest BCUT2D eigenvalue weighted by atomic mass is 9.87. The molecule has 40 heavy (non-hydrogen) atoms. The van der Waals surface area contributed by atoms with Gasteiger partial charge in [0.1, 0.15) is 5.69 Å². The molecule has 2 aromatic heterocycles. The van der Waals surface area contributed by atoms with Crippen LogP contribution in [-0.4, -0.2) is 29.8 Å². The van der Waals surface area contributed by atoms with E-state index in [0.29, 0.717) is 24.6 Å². The SMILES string of the molecule is CCCCc1c(C(F)(F)F)n(CCC2CCCCC2)c(=O)n1Cc1ccc(-c2ccccc2-c2nnn[nH]2)cc1. The van der Waals surface area contributed by atoms with Gasteiger partial charge in [0.2, 0.25) is 0 Å². The first kappa shape index (κ1) is 27.9. The molecule has 1 N–H and O–H groups in total. The molecule has 2 aromatic carbocycles. The van der Waals surface area contributed by atoms with Gasteiger partial charge < -0.3 is 0 Å². The predicted octanol–water partition coefficient (Wildman–Crippen LogP) is 6.88. The second-order valence-electron chi connectivity index (χ2n) is 10.7. The third-order valence-electron chi connectivity index (χ3n) is 7.99. The van der Waals surface area contributed by atoms with Crippen molar-refractivity contribution in [1.29, 1.82) is 0 Å². The third-order valence-corrected chi connectivity index (χ3v) is 7.99. The van der Waals surface area contributed by atoms with Crippen molar-refractivity contribution in [2.24, 2.45) is 5.92 Å². The molecule has 7 nitrogen and oxygen atoms in total. The van der Waals surface area contributed by atoms with E-state index in [1.807, 2.05) is 55.5 Å². The number of benzene rings is 2. The zero-order valence-electron chi connectivity index (χ0n) is 22.8. The fraction of sp³-hybridized carbons (Fsp3) is 0.467. The first-order chi connectivity index (χ1) is 19.4. The molecule has 0 radical (unpaired) electrons. The summed E-state index contributed by atoms with van der Waals surface area (Å²) in [6.45, 7) is 2.14. The van der Waals surface area contributed by atoms with Crippen LogP contribution in [0, 0.1) is 5.92 Å². The standard InChI is InChI=1S/C30H35F3N6O/c1-2-3-13-26-27(30(31,32)33)38(19-18-21-9-5-4-6-10-21)29(40)39(26)20-22-14-16-23(17-15-22)24-11-7-8-12-25(24)28-34-36-37-35-28/h7-8,11-12,14-17,21H,2-6,9-10,13,18-20H2,1H3,(H,34,35,36,37). The molecule has 10 heteroatoms. The number of nitrogens with zero attached hydrogens (tertiary/aromatic N) is 5. The van der Waals surface area contributed by atoms with Gasteiger partial charge in [0.25, 0.3) is 0 Å². The van der Waals surface area contributed by atoms with Crippen LogP contribution in [-0.2, 0) is 25.7 Å². The molecule has 0 amide bonds. The van der Waals surface area contributed by atoms with Crippen LogP contribution in [0.2, 0.25) is 0 Å². The largest absolute Gasteiger partial charge is 0.433 e. The smallest absolute Gasteiger partial charge is 0.291 e. The molecule has 2 heterocycles. The summed E-state index contributed by atoms with van der Waals surface area (Å²) in [6.07, 6.45) is 3.03. The van der Waals surface area contributed by atoms with Crippen molar-refractivity contribution in [1.82, 2.24) is 29.8 Å². The zero-order valence-corrected chi connectivity index (χ0v) is 22.8. The van der Waals surface area contributed by atoms with Crippen molar-refractivity contribution >= 4 is 0 Å². The third kappa shape index (κ3) is 6.05. The molecule has 0 unspecified atom stereocenters. The molecule has 1 fully saturated rings. The number of aromatic nitrogens is 6. The van der Waals surface area contributed by atoms with E-state index in [4.69, 9.17) is 0 Å². The maximum Gasteiger partial charge on any atom is 0.433 e. The average Bonchev–Trinajstić information content (AvgIpc) is 3.59. The Balaban J connectivity index is 1.46. The Morgan fingerprint density at radius 3 is 2.35 bits per heavy atom. The molecule has 0 saturated heterocycles. The second-order valence-corrected chi connectivity index (χ2v) is 10.7. The minimum atomic E-state index is -4.59. The Bertz CT molecular complexity index is 1450. The molecular formula is C30H35F3N6O. The van der Waals surface area contributed by atoms with Gasteiger partial charge in [-0.3, -0.25) is 9.13 Å². The average molecular weight is 553 g/mol. The number of hydrogen-bond donors (Lipinski definition) is 1. The number of hydrogen-bond acceptors (Lipinski definition) is 4. The Hall–Kier alpha value is -3.69. The molecule has 1 saturated carbocycles. The molecule has 4 aromatic rings. The van der Waals surface area contributed by atoms with E-state index in [1.165, 1.54) is 11.0 Å². The first-order valence-electron chi connectivity index (χ1n) is 14.2. The summed E-state index contributed by atoms with van der Waals surface area (Å²) < 4.78 is 45.7. The van der Waals surface area contributed by atoms with E-state index in [0.717, 1.165) is 58.9 Å². The maximum atomic E-state index is 14.4. The van der Waals surface area contributed by atoms with E-state index in [1.54, 1.807) is 0 Å². The molecule has 1 aliphatic carbocycles. The van der Waals surface area contributed by atoms with Crippen molar-refractivity contribution in [2.45, 2.75) is 84.0 Å². The summed E-state index contributed by atoms with van der Waals surface area (Å²) >= 11 is 0. The molecule has 1 aliphatic rings. The van der Waals surface area contributed by atoms with Gasteiger partial charge in [-0.15, -0.1) is 5.10 Å². The van der Waals surface area contributed by atoms with Crippen LogP contribution < -0.4 is 5.69 Å². The Morgan fingerprint density at radius 2 is 1.70 bits per heavy atom. The molecule has 0 spiro atoms. The van der Waals surface area contributed by atoms with E-state index in [-0.39, 0.29) is 25.2 Å². The van der Waals surface area contributed by atoms with Crippen LogP contribution in [0.4, 0.5) is 13.2 Å². The van der Waals surface area contributed by atoms with Crippen LogP contribution in [0.25, 0.3) is 22.5 Å². The number of halogens is 3. The lowest BCUT2D eigenvalue weighted by Crippen LogP contribution is -2.28. The summed E-state index contributed by atoms with van der Waals surface area (Å²) in [4.78, 5) is 13.6. The topological polar surface area (TPSA) is 81.4 Å². The number of aromatic amines is 1. The number of H-pyrrole nitrogens is 1. The van der Waals surface area contributed by atoms with Crippen LogP contribution in [0.15, 0.2) is 53.3 Å². The van der Waals surface area contributed by atoms with Crippen LogP contribution >= 0.6 is 0 Å². The Labute approximate surface area is 231 Å². The number of nitrogens with one attached hydrogen (secondary N) is 1. The van der Waals surface area contributed by atoms with Gasteiger partial charge in [-0.1, -0.05) is 94.0 Å². The Morgan fingerprint density at radius 1 is 0.975 bits per heavy atom. The first-order valence-corrected chi connectivity index (χ1v) is 14.2. The summed E-state index contributed by atoms with van der Waals surface area (Å²) in [6, 6.07) is 15.3. The highest BCUT2D eigenvalue weighted by molar-refractivity contribution is 5.80. The summed E-state index contributed by atoms with van der Waals surface area (Å²) in [5, 5.41) is 14.1. The molecule has 0 atom stereocenters. The van der Waals surface area contributed by atoms with Crippen LogP contribution in [0.1, 0.15) is 75.2 Å². The van der Waals surface area contributed by atoms with Crippen LogP contribution in [0.3, 0.4) is 0 Å². The van der Waals surface area contributed by atoms with Gasteiger partial charge in [-0.2, -0.15) is 13.2 Å². The van der Waals surface area contributed by atoms with Gasteiger partial charge in [0.15, 0.2) is 5.82 Å². The van der Waals surface area contributed by atoms with Crippen molar-refractivity contribution < 1.29 is 13.2 Å². The van der Waals surface area contributed by atoms with Gasteiger partial charge in [0.05, 0.1) is 12.2 Å². The normalized spacial score (nSPS) is 14.6. The molecular weight excluding hydrogens is 517 g/mol. The molecule has 5 rings (SSSR count). The van der Waals surface area contributed by atoms with E-state index < -0.39 is 17.6 Å². The van der Waals surface area contributed by atoms with Gasteiger partial charge in [-0.05, 0) is 52.3 Å². The lowest BCUT2D eigenvalue weighted by molar-refractivity contribution is -0.144. The number of alkyl halides is 3. The number of imidazole rings is 1. The van der Waals surface area contributed by atoms with Crippen molar-refractivity contribution in [3.05, 3.63) is 76.0 Å². The highest BCUT2D eigenvalue weighted by atomic mass is 19.4. The summed E-state index contributed by atoms with van der Waals surface area (Å²) in [7, 11) is 0. The van der Waals surface area contributed by atoms with Crippen LogP contribution in [0.5, 0.6) is 0 Å². The van der Waals surface area contributed by atoms with Crippen molar-refractivity contribution in [2.75, 3.05) is 0 Å². The fourth-order valence-electron chi connectivity index (χ4n) is 5.90. The van der Waals surface area contributed by atoms with Crippen molar-refractivity contribution in [3.8, 4) is 22.5 Å². The summed E-state index contributed by atoms with van der Waals surface area (Å²) in [5.74, 6) is 0.924. The molecule has 0 aliphatic heterocycles. The molecule has 212 valence electrons. The highest BCUT2D eigenvalue weighted by Crippen LogP contribution is 2.35. The van der Waals surface area contributed by atoms with Gasteiger partial charge in [-0.25, -0.2) is 9.89 Å². The van der Waals surface area contributed by atoms with E-state index >= 15 is 0 Å². The monoisotopic (exact) mass is 552 g/mol. The zero-order chi connectivity index (χ0) is 28.1. The fourth-order valence-corrected chi connectivity index (χ4v) is 5.90. The lowest BCUT2D eigenvalue weighted by Gasteiger charge is -2.22. The quantitative estimate of drug-likeness (QED) is 0.233. The minimum absolute atomic E-state index is 0.0886. The molecule has 0 bridgehead atoms. The number of rotatable bonds is 10. The van der Waals surface area contributed by atoms with Gasteiger partial charge in [0, 0.05) is 12.1 Å². The maximum absolute atomic E-state index is 14.4. The van der Waals surface area contributed by atoms with E-state index in [9.17, 15) is 18.0 Å². The highest BCUT2D eigenvalue weighted by Gasteiger charge is 2.40. The van der Waals surface area contributed by atoms with Crippen molar-refractivity contribution in [3.63, 3.8) is 0 Å². The predicted molar refractivity (Wildman–Crippen MR) is 148 cm³/mol. The number of tetrazole rings is 1. The minimum Gasteiger partial charge on any atom is -0.291 e. The number of unbranched alkanes of at least 4 members (excludes halogenated alkanes) is 1. The van der Waals surface area contributed by atoms with E-state index in [2.05, 4.69) is 20.6 Å². The second kappa shape index (κ2) is 12.2. The Kier molecular flexibility index (Phi) is 8.52.